The van der Waals surface area contributed by atoms with Crippen LogP contribution in [0.25, 0.3) is 11.1 Å². The third-order valence-corrected chi connectivity index (χ3v) is 7.54. The summed E-state index contributed by atoms with van der Waals surface area (Å²) in [6, 6.07) is 21.7. The van der Waals surface area contributed by atoms with Crippen LogP contribution in [0.2, 0.25) is 5.02 Å². The van der Waals surface area contributed by atoms with Crippen LogP contribution >= 0.6 is 11.6 Å². The molecule has 0 amide bonds. The summed E-state index contributed by atoms with van der Waals surface area (Å²) in [5.74, 6) is -0.172. The van der Waals surface area contributed by atoms with Crippen molar-refractivity contribution in [3.05, 3.63) is 122 Å². The van der Waals surface area contributed by atoms with Crippen molar-refractivity contribution in [2.24, 2.45) is 10.3 Å². The van der Waals surface area contributed by atoms with Gasteiger partial charge in [0.05, 0.1) is 10.6 Å². The lowest BCUT2D eigenvalue weighted by molar-refractivity contribution is 0.317. The van der Waals surface area contributed by atoms with E-state index in [-0.39, 0.29) is 16.4 Å². The molecule has 0 bridgehead atoms. The minimum absolute atomic E-state index is 0.0551. The standard InChI is InChI=1S/C28H26ClN3O4S/c1-17-14-23(29)9-12-25(17)26(15-27(32-34)22-13-18(2)28(33)31-16-22)21-5-3-19(4-6-21)20-7-10-24(11-8-20)37(30,35)36/h3-14,16,26,34H,15H2,1-2H3,(H,31,33)(H2,30,35,36)/b32-27+. The molecule has 0 aliphatic rings. The fraction of sp³-hybridized carbons (Fsp3) is 0.143. The Kier molecular flexibility index (Phi) is 7.63. The van der Waals surface area contributed by atoms with Gasteiger partial charge < -0.3 is 10.2 Å². The molecule has 7 nitrogen and oxygen atoms in total. The number of pyridine rings is 1. The van der Waals surface area contributed by atoms with Gasteiger partial charge in [0.2, 0.25) is 10.0 Å². The molecule has 0 saturated heterocycles. The zero-order valence-corrected chi connectivity index (χ0v) is 21.8. The molecule has 4 rings (SSSR count). The molecular formula is C28H26ClN3O4S. The number of halogens is 1. The Hall–Kier alpha value is -3.72. The van der Waals surface area contributed by atoms with Crippen LogP contribution in [0.15, 0.2) is 93.8 Å². The summed E-state index contributed by atoms with van der Waals surface area (Å²) >= 11 is 6.21. The van der Waals surface area contributed by atoms with Gasteiger partial charge in [-0.15, -0.1) is 0 Å². The van der Waals surface area contributed by atoms with Crippen LogP contribution in [0.4, 0.5) is 0 Å². The minimum Gasteiger partial charge on any atom is -0.411 e. The van der Waals surface area contributed by atoms with E-state index >= 15 is 0 Å². The van der Waals surface area contributed by atoms with Gasteiger partial charge in [0.15, 0.2) is 0 Å². The third-order valence-electron chi connectivity index (χ3n) is 6.38. The van der Waals surface area contributed by atoms with Gasteiger partial charge in [-0.2, -0.15) is 0 Å². The van der Waals surface area contributed by atoms with Crippen molar-refractivity contribution in [1.29, 1.82) is 0 Å². The maximum atomic E-state index is 11.8. The number of hydrogen-bond acceptors (Lipinski definition) is 5. The van der Waals surface area contributed by atoms with Crippen molar-refractivity contribution in [3.63, 3.8) is 0 Å². The summed E-state index contributed by atoms with van der Waals surface area (Å²) in [5, 5.41) is 19.3. The van der Waals surface area contributed by atoms with Crippen LogP contribution < -0.4 is 10.7 Å². The number of rotatable bonds is 7. The lowest BCUT2D eigenvalue weighted by Crippen LogP contribution is -2.15. The number of nitrogens with two attached hydrogens (primary N) is 1. The molecule has 0 saturated carbocycles. The molecule has 0 aliphatic heterocycles. The summed E-state index contributed by atoms with van der Waals surface area (Å²) < 4.78 is 23.1. The molecule has 0 fully saturated rings. The van der Waals surface area contributed by atoms with E-state index < -0.39 is 10.0 Å². The van der Waals surface area contributed by atoms with Crippen LogP contribution in [-0.4, -0.2) is 24.3 Å². The Bertz CT molecular complexity index is 1630. The monoisotopic (exact) mass is 535 g/mol. The normalized spacial score (nSPS) is 12.9. The van der Waals surface area contributed by atoms with E-state index in [0.717, 1.165) is 27.8 Å². The maximum absolute atomic E-state index is 11.8. The van der Waals surface area contributed by atoms with E-state index in [1.54, 1.807) is 31.3 Å². The van der Waals surface area contributed by atoms with Crippen molar-refractivity contribution in [2.45, 2.75) is 31.1 Å². The molecule has 190 valence electrons. The van der Waals surface area contributed by atoms with Gasteiger partial charge in [-0.05, 0) is 72.0 Å². The molecular weight excluding hydrogens is 510 g/mol. The maximum Gasteiger partial charge on any atom is 0.250 e. The third kappa shape index (κ3) is 5.99. The molecule has 4 N–H and O–H groups in total. The Morgan fingerprint density at radius 3 is 2.14 bits per heavy atom. The molecule has 3 aromatic carbocycles. The molecule has 1 unspecified atom stereocenters. The first-order chi connectivity index (χ1) is 17.6. The highest BCUT2D eigenvalue weighted by Crippen LogP contribution is 2.34. The number of oxime groups is 1. The topological polar surface area (TPSA) is 126 Å². The van der Waals surface area contributed by atoms with Gasteiger partial charge in [0, 0.05) is 34.7 Å². The van der Waals surface area contributed by atoms with Gasteiger partial charge in [-0.25, -0.2) is 13.6 Å². The number of aromatic nitrogens is 1. The summed E-state index contributed by atoms with van der Waals surface area (Å²) in [6.07, 6.45) is 1.91. The van der Waals surface area contributed by atoms with Crippen molar-refractivity contribution < 1.29 is 13.6 Å². The van der Waals surface area contributed by atoms with E-state index in [4.69, 9.17) is 16.7 Å². The number of aromatic amines is 1. The lowest BCUT2D eigenvalue weighted by Gasteiger charge is -2.21. The van der Waals surface area contributed by atoms with Crippen LogP contribution in [0.5, 0.6) is 0 Å². The molecule has 37 heavy (non-hydrogen) atoms. The van der Waals surface area contributed by atoms with Crippen molar-refractivity contribution in [1.82, 2.24) is 4.98 Å². The number of sulfonamides is 1. The van der Waals surface area contributed by atoms with E-state index in [2.05, 4.69) is 10.1 Å². The van der Waals surface area contributed by atoms with E-state index in [1.807, 2.05) is 49.4 Å². The highest BCUT2D eigenvalue weighted by molar-refractivity contribution is 7.89. The second-order valence-corrected chi connectivity index (χ2v) is 10.9. The Morgan fingerprint density at radius 1 is 0.973 bits per heavy atom. The summed E-state index contributed by atoms with van der Waals surface area (Å²) in [7, 11) is -3.76. The predicted octanol–water partition coefficient (Wildman–Crippen LogP) is 5.36. The Balaban J connectivity index is 1.72. The zero-order chi connectivity index (χ0) is 26.7. The number of H-pyrrole nitrogens is 1. The van der Waals surface area contributed by atoms with E-state index in [9.17, 15) is 18.4 Å². The van der Waals surface area contributed by atoms with Gasteiger partial charge in [-0.1, -0.05) is 59.2 Å². The number of aryl methyl sites for hydroxylation is 2. The number of benzene rings is 3. The smallest absolute Gasteiger partial charge is 0.250 e. The summed E-state index contributed by atoms with van der Waals surface area (Å²) in [4.78, 5) is 14.6. The number of nitrogens with one attached hydrogen (secondary N) is 1. The van der Waals surface area contributed by atoms with Crippen molar-refractivity contribution in [3.8, 4) is 11.1 Å². The van der Waals surface area contributed by atoms with Crippen LogP contribution in [0.3, 0.4) is 0 Å². The fourth-order valence-corrected chi connectivity index (χ4v) is 5.10. The second kappa shape index (κ2) is 10.7. The Morgan fingerprint density at radius 2 is 1.59 bits per heavy atom. The molecule has 1 aromatic heterocycles. The highest BCUT2D eigenvalue weighted by atomic mass is 35.5. The highest BCUT2D eigenvalue weighted by Gasteiger charge is 2.21. The fourth-order valence-electron chi connectivity index (χ4n) is 4.36. The molecule has 1 heterocycles. The lowest BCUT2D eigenvalue weighted by atomic mass is 9.83. The quantitative estimate of drug-likeness (QED) is 0.167. The molecule has 4 aromatic rings. The zero-order valence-electron chi connectivity index (χ0n) is 20.3. The molecule has 0 spiro atoms. The van der Waals surface area contributed by atoms with E-state index in [0.29, 0.717) is 28.3 Å². The first-order valence-electron chi connectivity index (χ1n) is 11.5. The number of hydrogen-bond donors (Lipinski definition) is 3. The van der Waals surface area contributed by atoms with Crippen molar-refractivity contribution >= 4 is 27.3 Å². The number of nitrogens with zero attached hydrogens (tertiary/aromatic N) is 1. The average Bonchev–Trinajstić information content (AvgIpc) is 2.87. The van der Waals surface area contributed by atoms with Gasteiger partial charge in [0.25, 0.3) is 5.56 Å². The van der Waals surface area contributed by atoms with Crippen LogP contribution in [0.1, 0.15) is 40.2 Å². The first-order valence-corrected chi connectivity index (χ1v) is 13.4. The average molecular weight is 536 g/mol. The van der Waals surface area contributed by atoms with Crippen LogP contribution in [-0.2, 0) is 10.0 Å². The summed E-state index contributed by atoms with van der Waals surface area (Å²) in [6.45, 7) is 3.68. The number of primary sulfonamides is 1. The molecule has 0 radical (unpaired) electrons. The van der Waals surface area contributed by atoms with Crippen LogP contribution in [0, 0.1) is 13.8 Å². The molecule has 0 aliphatic carbocycles. The summed E-state index contributed by atoms with van der Waals surface area (Å²) in [5.41, 5.74) is 6.14. The van der Waals surface area contributed by atoms with Gasteiger partial charge in [0.1, 0.15) is 0 Å². The predicted molar refractivity (Wildman–Crippen MR) is 146 cm³/mol. The molecule has 1 atom stereocenters. The first kappa shape index (κ1) is 26.3. The SMILES string of the molecule is Cc1cc(Cl)ccc1C(C/C(=N\O)c1c[nH]c(=O)c(C)c1)c1ccc(-c2ccc(S(N)(=O)=O)cc2)cc1. The van der Waals surface area contributed by atoms with E-state index in [1.165, 1.54) is 12.1 Å². The minimum atomic E-state index is -3.76. The van der Waals surface area contributed by atoms with Crippen molar-refractivity contribution in [2.75, 3.05) is 0 Å². The largest absolute Gasteiger partial charge is 0.411 e. The van der Waals surface area contributed by atoms with Gasteiger partial charge in [-0.3, -0.25) is 4.79 Å². The van der Waals surface area contributed by atoms with Gasteiger partial charge >= 0.3 is 0 Å². The second-order valence-electron chi connectivity index (χ2n) is 8.90. The molecule has 9 heteroatoms. The Labute approximate surface area is 220 Å².